The summed E-state index contributed by atoms with van der Waals surface area (Å²) in [6.07, 6.45) is 11.2. The molecule has 22 heavy (non-hydrogen) atoms. The fourth-order valence-electron chi connectivity index (χ4n) is 4.90. The van der Waals surface area contributed by atoms with E-state index in [1.54, 1.807) is 5.56 Å². The largest absolute Gasteiger partial charge is 0.298 e. The summed E-state index contributed by atoms with van der Waals surface area (Å²) < 4.78 is 0. The van der Waals surface area contributed by atoms with Gasteiger partial charge in [0, 0.05) is 12.1 Å². The number of hydrogen-bond donors (Lipinski definition) is 0. The summed E-state index contributed by atoms with van der Waals surface area (Å²) in [5, 5.41) is 0. The zero-order chi connectivity index (χ0) is 15.6. The summed E-state index contributed by atoms with van der Waals surface area (Å²) in [6, 6.07) is 11.0. The van der Waals surface area contributed by atoms with Crippen LogP contribution in [-0.4, -0.2) is 23.5 Å². The van der Waals surface area contributed by atoms with Crippen LogP contribution in [0.5, 0.6) is 0 Å². The fraction of sp³-hybridized carbons (Fsp3) is 0.714. The van der Waals surface area contributed by atoms with Crippen molar-refractivity contribution in [2.24, 2.45) is 0 Å². The second-order valence-electron chi connectivity index (χ2n) is 7.97. The minimum Gasteiger partial charge on any atom is -0.298 e. The van der Waals surface area contributed by atoms with Gasteiger partial charge in [-0.3, -0.25) is 4.90 Å². The maximum atomic E-state index is 2.79. The van der Waals surface area contributed by atoms with Crippen molar-refractivity contribution < 1.29 is 0 Å². The van der Waals surface area contributed by atoms with E-state index in [1.807, 2.05) is 0 Å². The van der Waals surface area contributed by atoms with Gasteiger partial charge in [0.25, 0.3) is 0 Å². The van der Waals surface area contributed by atoms with Crippen molar-refractivity contribution in [3.05, 3.63) is 35.4 Å². The van der Waals surface area contributed by atoms with Gasteiger partial charge in [0.15, 0.2) is 0 Å². The molecule has 1 heterocycles. The molecule has 0 aromatic heterocycles. The van der Waals surface area contributed by atoms with Crippen LogP contribution in [0.15, 0.2) is 24.3 Å². The van der Waals surface area contributed by atoms with E-state index in [2.05, 4.69) is 49.9 Å². The number of likely N-dealkylation sites (tertiary alicyclic amines) is 1. The van der Waals surface area contributed by atoms with Gasteiger partial charge in [-0.05, 0) is 70.4 Å². The van der Waals surface area contributed by atoms with Crippen LogP contribution in [0.1, 0.15) is 76.3 Å². The SMILES string of the molecule is Cc1ccc(C2(CCN3C(C)CCCC3C)CCCC2)cc1. The molecule has 3 rings (SSSR count). The van der Waals surface area contributed by atoms with Crippen LogP contribution < -0.4 is 0 Å². The molecule has 2 aliphatic rings. The molecule has 2 fully saturated rings. The molecular weight excluding hydrogens is 266 g/mol. The van der Waals surface area contributed by atoms with Crippen LogP contribution in [-0.2, 0) is 5.41 Å². The average Bonchev–Trinajstić information content (AvgIpc) is 2.97. The minimum absolute atomic E-state index is 0.463. The molecule has 1 aromatic carbocycles. The molecule has 1 saturated carbocycles. The van der Waals surface area contributed by atoms with Gasteiger partial charge in [0.2, 0.25) is 0 Å². The highest BCUT2D eigenvalue weighted by atomic mass is 15.2. The minimum atomic E-state index is 0.463. The molecule has 0 radical (unpaired) electrons. The Morgan fingerprint density at radius 2 is 1.55 bits per heavy atom. The number of hydrogen-bond acceptors (Lipinski definition) is 1. The molecule has 0 bridgehead atoms. The molecule has 2 unspecified atom stereocenters. The first-order chi connectivity index (χ1) is 10.6. The topological polar surface area (TPSA) is 3.24 Å². The third-order valence-corrected chi connectivity index (χ3v) is 6.45. The summed E-state index contributed by atoms with van der Waals surface area (Å²) in [5.74, 6) is 0. The van der Waals surface area contributed by atoms with Crippen LogP contribution in [0.3, 0.4) is 0 Å². The summed E-state index contributed by atoms with van der Waals surface area (Å²) in [4.78, 5) is 2.79. The Balaban J connectivity index is 1.73. The Hall–Kier alpha value is -0.820. The molecule has 1 aliphatic carbocycles. The maximum absolute atomic E-state index is 2.79. The Labute approximate surface area is 137 Å². The number of benzene rings is 1. The monoisotopic (exact) mass is 299 g/mol. The normalized spacial score (nSPS) is 28.9. The zero-order valence-corrected chi connectivity index (χ0v) is 14.8. The van der Waals surface area contributed by atoms with Crippen LogP contribution in [0.4, 0.5) is 0 Å². The van der Waals surface area contributed by atoms with Crippen molar-refractivity contribution in [1.29, 1.82) is 0 Å². The fourth-order valence-corrected chi connectivity index (χ4v) is 4.90. The van der Waals surface area contributed by atoms with E-state index in [-0.39, 0.29) is 0 Å². The van der Waals surface area contributed by atoms with Crippen molar-refractivity contribution in [3.8, 4) is 0 Å². The Morgan fingerprint density at radius 3 is 2.14 bits per heavy atom. The molecule has 1 nitrogen and oxygen atoms in total. The summed E-state index contributed by atoms with van der Waals surface area (Å²) >= 11 is 0. The molecule has 122 valence electrons. The van der Waals surface area contributed by atoms with Crippen LogP contribution >= 0.6 is 0 Å². The van der Waals surface area contributed by atoms with Crippen molar-refractivity contribution in [2.75, 3.05) is 6.54 Å². The molecule has 0 amide bonds. The van der Waals surface area contributed by atoms with Gasteiger partial charge in [-0.1, -0.05) is 49.1 Å². The lowest BCUT2D eigenvalue weighted by atomic mass is 9.75. The first-order valence-electron chi connectivity index (χ1n) is 9.44. The highest BCUT2D eigenvalue weighted by Gasteiger charge is 2.36. The van der Waals surface area contributed by atoms with Gasteiger partial charge in [-0.2, -0.15) is 0 Å². The molecule has 2 atom stereocenters. The van der Waals surface area contributed by atoms with Crippen molar-refractivity contribution in [3.63, 3.8) is 0 Å². The van der Waals surface area contributed by atoms with E-state index >= 15 is 0 Å². The molecule has 1 heteroatoms. The van der Waals surface area contributed by atoms with Crippen molar-refractivity contribution in [1.82, 2.24) is 4.90 Å². The third-order valence-electron chi connectivity index (χ3n) is 6.45. The molecule has 0 spiro atoms. The molecule has 1 saturated heterocycles. The molecular formula is C21H33N. The van der Waals surface area contributed by atoms with Gasteiger partial charge >= 0.3 is 0 Å². The number of piperidine rings is 1. The highest BCUT2D eigenvalue weighted by Crippen LogP contribution is 2.44. The number of nitrogens with zero attached hydrogens (tertiary/aromatic N) is 1. The van der Waals surface area contributed by atoms with E-state index in [0.29, 0.717) is 5.41 Å². The quantitative estimate of drug-likeness (QED) is 0.713. The molecule has 1 aromatic rings. The van der Waals surface area contributed by atoms with Crippen LogP contribution in [0.2, 0.25) is 0 Å². The summed E-state index contributed by atoms with van der Waals surface area (Å²) in [7, 11) is 0. The van der Waals surface area contributed by atoms with Crippen molar-refractivity contribution in [2.45, 2.75) is 89.6 Å². The lowest BCUT2D eigenvalue weighted by Crippen LogP contribution is -2.45. The molecule has 0 N–H and O–H groups in total. The number of aryl methyl sites for hydroxylation is 1. The predicted octanol–water partition coefficient (Wildman–Crippen LogP) is 5.46. The number of rotatable bonds is 4. The van der Waals surface area contributed by atoms with Gasteiger partial charge in [-0.15, -0.1) is 0 Å². The third kappa shape index (κ3) is 3.25. The second-order valence-corrected chi connectivity index (χ2v) is 7.97. The predicted molar refractivity (Wildman–Crippen MR) is 95.4 cm³/mol. The lowest BCUT2D eigenvalue weighted by molar-refractivity contribution is 0.0925. The van der Waals surface area contributed by atoms with Gasteiger partial charge in [0.1, 0.15) is 0 Å². The van der Waals surface area contributed by atoms with Crippen LogP contribution in [0, 0.1) is 6.92 Å². The van der Waals surface area contributed by atoms with E-state index in [9.17, 15) is 0 Å². The van der Waals surface area contributed by atoms with Gasteiger partial charge < -0.3 is 0 Å². The van der Waals surface area contributed by atoms with Crippen LogP contribution in [0.25, 0.3) is 0 Å². The van der Waals surface area contributed by atoms with Gasteiger partial charge in [-0.25, -0.2) is 0 Å². The average molecular weight is 300 g/mol. The van der Waals surface area contributed by atoms with Gasteiger partial charge in [0.05, 0.1) is 0 Å². The lowest BCUT2D eigenvalue weighted by Gasteiger charge is -2.41. The Morgan fingerprint density at radius 1 is 0.955 bits per heavy atom. The van der Waals surface area contributed by atoms with E-state index in [1.165, 1.54) is 63.5 Å². The van der Waals surface area contributed by atoms with E-state index < -0.39 is 0 Å². The Kier molecular flexibility index (Phi) is 4.92. The van der Waals surface area contributed by atoms with E-state index in [0.717, 1.165) is 12.1 Å². The second kappa shape index (κ2) is 6.74. The van der Waals surface area contributed by atoms with E-state index in [4.69, 9.17) is 0 Å². The van der Waals surface area contributed by atoms with Crippen molar-refractivity contribution >= 4 is 0 Å². The maximum Gasteiger partial charge on any atom is 0.00697 e. The first kappa shape index (κ1) is 16.1. The summed E-state index contributed by atoms with van der Waals surface area (Å²) in [5.41, 5.74) is 3.45. The Bertz CT molecular complexity index is 459. The zero-order valence-electron chi connectivity index (χ0n) is 14.8. The summed E-state index contributed by atoms with van der Waals surface area (Å²) in [6.45, 7) is 8.35. The smallest absolute Gasteiger partial charge is 0.00697 e. The molecule has 1 aliphatic heterocycles. The highest BCUT2D eigenvalue weighted by molar-refractivity contribution is 5.29. The standard InChI is InChI=1S/C21H33N/c1-17-9-11-20(12-10-17)21(13-4-5-14-21)15-16-22-18(2)7-6-8-19(22)3/h9-12,18-19H,4-8,13-16H2,1-3H3. The first-order valence-corrected chi connectivity index (χ1v) is 9.44.